The van der Waals surface area contributed by atoms with Crippen molar-refractivity contribution in [1.29, 1.82) is 5.26 Å². The molecule has 0 saturated heterocycles. The van der Waals surface area contributed by atoms with E-state index in [4.69, 9.17) is 27.3 Å². The first-order valence-electron chi connectivity index (χ1n) is 6.96. The maximum Gasteiger partial charge on any atom is 0.191 e. The lowest BCUT2D eigenvalue weighted by molar-refractivity contribution is 0.221. The van der Waals surface area contributed by atoms with Gasteiger partial charge in [0, 0.05) is 11.1 Å². The Morgan fingerprint density at radius 1 is 1.04 bits per heavy atom. The summed E-state index contributed by atoms with van der Waals surface area (Å²) in [5, 5.41) is 17.6. The number of benzene rings is 2. The monoisotopic (exact) mass is 343 g/mol. The van der Waals surface area contributed by atoms with Crippen molar-refractivity contribution in [2.24, 2.45) is 0 Å². The van der Waals surface area contributed by atoms with Crippen LogP contribution in [0.4, 0.5) is 0 Å². The first-order valence-corrected chi connectivity index (χ1v) is 7.77. The highest BCUT2D eigenvalue weighted by Gasteiger charge is 2.06. The highest BCUT2D eigenvalue weighted by Crippen LogP contribution is 2.06. The van der Waals surface area contributed by atoms with Crippen molar-refractivity contribution in [3.8, 4) is 6.07 Å². The molecule has 1 unspecified atom stereocenters. The number of hydrogen-bond donors (Lipinski definition) is 1. The van der Waals surface area contributed by atoms with E-state index in [1.165, 1.54) is 0 Å². The molecular weight excluding hydrogens is 326 g/mol. The lowest BCUT2D eigenvalue weighted by Crippen LogP contribution is -2.13. The molecule has 0 aliphatic rings. The Bertz CT molecular complexity index is 666. The molecule has 0 aliphatic heterocycles. The molecule has 0 amide bonds. The van der Waals surface area contributed by atoms with Crippen LogP contribution in [-0.2, 0) is 4.74 Å². The maximum atomic E-state index is 8.76. The second kappa shape index (κ2) is 10.4. The highest BCUT2D eigenvalue weighted by atomic mass is 32.1. The Morgan fingerprint density at radius 2 is 1.52 bits per heavy atom. The van der Waals surface area contributed by atoms with Crippen molar-refractivity contribution in [3.63, 3.8) is 0 Å². The van der Waals surface area contributed by atoms with Crippen molar-refractivity contribution < 1.29 is 9.84 Å². The maximum absolute atomic E-state index is 8.76. The quantitative estimate of drug-likeness (QED) is 0.822. The molecule has 118 valence electrons. The van der Waals surface area contributed by atoms with Gasteiger partial charge in [-0.05, 0) is 31.4 Å². The van der Waals surface area contributed by atoms with Crippen LogP contribution < -0.4 is 0 Å². The number of ether oxygens (including phenoxy) is 1. The van der Waals surface area contributed by atoms with E-state index in [-0.39, 0.29) is 11.2 Å². The third-order valence-electron chi connectivity index (χ3n) is 2.72. The van der Waals surface area contributed by atoms with Crippen LogP contribution >= 0.6 is 24.4 Å². The Balaban J connectivity index is 0.000000253. The molecule has 1 N–H and O–H groups in total. The van der Waals surface area contributed by atoms with Gasteiger partial charge in [-0.1, -0.05) is 60.7 Å². The first kappa shape index (κ1) is 18.8. The fraction of sp³-hybridized carbons (Fsp3) is 0.167. The van der Waals surface area contributed by atoms with Crippen LogP contribution in [0.25, 0.3) is 0 Å². The number of aliphatic hydroxyl groups excluding tert-OH is 1. The molecule has 2 aromatic rings. The molecule has 3 nitrogen and oxygen atoms in total. The summed E-state index contributed by atoms with van der Waals surface area (Å²) in [7, 11) is 0. The van der Waals surface area contributed by atoms with Gasteiger partial charge in [0.05, 0.1) is 12.5 Å². The van der Waals surface area contributed by atoms with E-state index in [0.29, 0.717) is 17.0 Å². The summed E-state index contributed by atoms with van der Waals surface area (Å²) in [5.74, 6) is 0. The Hall–Kier alpha value is -2.29. The second-order valence-electron chi connectivity index (χ2n) is 4.62. The number of rotatable bonds is 4. The molecule has 2 rings (SSSR count). The molecule has 0 heterocycles. The van der Waals surface area contributed by atoms with Gasteiger partial charge >= 0.3 is 0 Å². The molecule has 0 saturated carbocycles. The van der Waals surface area contributed by atoms with Crippen LogP contribution in [0.3, 0.4) is 0 Å². The minimum atomic E-state index is -0.146. The lowest BCUT2D eigenvalue weighted by Gasteiger charge is -2.11. The summed E-state index contributed by atoms with van der Waals surface area (Å²) < 4.78 is 5.39. The SMILES string of the molecule is CC(CC#N)OC(=S)c1ccccc1.OC(=S)c1ccccc1. The second-order valence-corrected chi connectivity index (χ2v) is 5.37. The summed E-state index contributed by atoms with van der Waals surface area (Å²) in [5.41, 5.74) is 1.58. The summed E-state index contributed by atoms with van der Waals surface area (Å²) >= 11 is 9.60. The van der Waals surface area contributed by atoms with Crippen LogP contribution in [-0.4, -0.2) is 21.3 Å². The molecule has 1 atom stereocenters. The lowest BCUT2D eigenvalue weighted by atomic mass is 10.2. The van der Waals surface area contributed by atoms with Crippen molar-refractivity contribution in [2.45, 2.75) is 19.4 Å². The smallest absolute Gasteiger partial charge is 0.191 e. The predicted molar refractivity (Wildman–Crippen MR) is 99.7 cm³/mol. The van der Waals surface area contributed by atoms with Gasteiger partial charge in [0.2, 0.25) is 0 Å². The summed E-state index contributed by atoms with van der Waals surface area (Å²) in [4.78, 5) is 0. The predicted octanol–water partition coefficient (Wildman–Crippen LogP) is 4.60. The summed E-state index contributed by atoms with van der Waals surface area (Å²) in [6, 6.07) is 20.6. The van der Waals surface area contributed by atoms with Crippen LogP contribution in [0.2, 0.25) is 0 Å². The molecular formula is C18H17NO2S2. The van der Waals surface area contributed by atoms with Gasteiger partial charge in [0.1, 0.15) is 6.10 Å². The number of nitrogens with zero attached hydrogens (tertiary/aromatic N) is 1. The van der Waals surface area contributed by atoms with E-state index in [1.807, 2.05) is 61.5 Å². The molecule has 0 aliphatic carbocycles. The minimum absolute atomic E-state index is 0.0457. The molecule has 0 aromatic heterocycles. The molecule has 0 radical (unpaired) electrons. The van der Waals surface area contributed by atoms with Crippen LogP contribution in [0, 0.1) is 11.3 Å². The fourth-order valence-corrected chi connectivity index (χ4v) is 2.01. The van der Waals surface area contributed by atoms with Gasteiger partial charge in [0.15, 0.2) is 10.1 Å². The van der Waals surface area contributed by atoms with E-state index in [1.54, 1.807) is 12.1 Å². The van der Waals surface area contributed by atoms with Crippen LogP contribution in [0.15, 0.2) is 60.7 Å². The number of thiocarbonyl (C=S) groups is 2. The first-order chi connectivity index (χ1) is 11.0. The Kier molecular flexibility index (Phi) is 8.51. The molecule has 0 spiro atoms. The van der Waals surface area contributed by atoms with Gasteiger partial charge in [-0.15, -0.1) is 0 Å². The average molecular weight is 343 g/mol. The van der Waals surface area contributed by atoms with Gasteiger partial charge in [-0.3, -0.25) is 0 Å². The number of nitriles is 1. The van der Waals surface area contributed by atoms with E-state index in [0.717, 1.165) is 5.56 Å². The third kappa shape index (κ3) is 7.50. The van der Waals surface area contributed by atoms with Gasteiger partial charge < -0.3 is 9.84 Å². The average Bonchev–Trinajstić information content (AvgIpc) is 2.57. The highest BCUT2D eigenvalue weighted by molar-refractivity contribution is 7.80. The summed E-state index contributed by atoms with van der Waals surface area (Å²) in [6.45, 7) is 1.83. The van der Waals surface area contributed by atoms with Gasteiger partial charge in [0.25, 0.3) is 0 Å². The van der Waals surface area contributed by atoms with E-state index < -0.39 is 0 Å². The molecule has 5 heteroatoms. The van der Waals surface area contributed by atoms with Crippen LogP contribution in [0.1, 0.15) is 24.5 Å². The van der Waals surface area contributed by atoms with Crippen molar-refractivity contribution in [3.05, 3.63) is 71.8 Å². The minimum Gasteiger partial charge on any atom is -0.499 e. The molecule has 0 fully saturated rings. The zero-order valence-electron chi connectivity index (χ0n) is 12.7. The largest absolute Gasteiger partial charge is 0.499 e. The summed E-state index contributed by atoms with van der Waals surface area (Å²) in [6.07, 6.45) is 0.208. The number of hydrogen-bond acceptors (Lipinski definition) is 4. The molecule has 2 aromatic carbocycles. The van der Waals surface area contributed by atoms with Crippen LogP contribution in [0.5, 0.6) is 0 Å². The Labute approximate surface area is 147 Å². The fourth-order valence-electron chi connectivity index (χ4n) is 1.58. The van der Waals surface area contributed by atoms with Crippen molar-refractivity contribution in [1.82, 2.24) is 0 Å². The Morgan fingerprint density at radius 3 is 1.91 bits per heavy atom. The normalized spacial score (nSPS) is 10.4. The number of aliphatic hydroxyl groups is 1. The molecule has 0 bridgehead atoms. The standard InChI is InChI=1S/C11H11NOS.C7H6OS/c1-9(7-8-12)13-11(14)10-5-3-2-4-6-10;8-7(9)6-4-2-1-3-5-6/h2-6,9H,7H2,1H3;1-5H,(H,8,9). The van der Waals surface area contributed by atoms with E-state index in [9.17, 15) is 0 Å². The van der Waals surface area contributed by atoms with Crippen molar-refractivity contribution in [2.75, 3.05) is 0 Å². The zero-order chi connectivity index (χ0) is 17.1. The third-order valence-corrected chi connectivity index (χ3v) is 3.28. The molecule has 23 heavy (non-hydrogen) atoms. The van der Waals surface area contributed by atoms with E-state index in [2.05, 4.69) is 12.2 Å². The topological polar surface area (TPSA) is 53.2 Å². The van der Waals surface area contributed by atoms with Crippen molar-refractivity contribution >= 4 is 34.5 Å². The van der Waals surface area contributed by atoms with Gasteiger partial charge in [-0.25, -0.2) is 0 Å². The van der Waals surface area contributed by atoms with Gasteiger partial charge in [-0.2, -0.15) is 5.26 Å². The zero-order valence-corrected chi connectivity index (χ0v) is 14.3. The van der Waals surface area contributed by atoms with E-state index >= 15 is 0 Å².